The van der Waals surface area contributed by atoms with Crippen LogP contribution in [0.4, 0.5) is 5.82 Å². The quantitative estimate of drug-likeness (QED) is 0.388. The maximum Gasteiger partial charge on any atom is 0.246 e. The normalized spacial score (nSPS) is 15.9. The van der Waals surface area contributed by atoms with Crippen molar-refractivity contribution in [2.24, 2.45) is 0 Å². The Morgan fingerprint density at radius 3 is 2.62 bits per heavy atom. The van der Waals surface area contributed by atoms with Crippen molar-refractivity contribution in [1.29, 1.82) is 0 Å². The average molecular weight is 474 g/mol. The monoisotopic (exact) mass is 473 g/mol. The first-order valence-electron chi connectivity index (χ1n) is 11.1. The number of anilines is 1. The number of nitrogens with zero attached hydrogens (tertiary/aromatic N) is 4. The van der Waals surface area contributed by atoms with Crippen LogP contribution in [0.25, 0.3) is 22.2 Å². The number of amides is 1. The molecule has 1 aliphatic heterocycles. The van der Waals surface area contributed by atoms with Gasteiger partial charge in [0.05, 0.1) is 28.2 Å². The molecule has 0 saturated carbocycles. The minimum absolute atomic E-state index is 0.0334. The van der Waals surface area contributed by atoms with Gasteiger partial charge in [0.25, 0.3) is 0 Å². The maximum absolute atomic E-state index is 12.2. The SMILES string of the molecule is C=CC(=O)N1CCCC(n2nc(-c3ccc(Oc4ccccc4)cc3)c3c(N)ncc(Cl)c32)C1. The zero-order valence-corrected chi connectivity index (χ0v) is 19.3. The summed E-state index contributed by atoms with van der Waals surface area (Å²) in [5, 5.41) is 6.12. The number of hydrogen-bond donors (Lipinski definition) is 1. The van der Waals surface area contributed by atoms with E-state index in [4.69, 9.17) is 27.2 Å². The highest BCUT2D eigenvalue weighted by atomic mass is 35.5. The summed E-state index contributed by atoms with van der Waals surface area (Å²) in [5.41, 5.74) is 8.60. The van der Waals surface area contributed by atoms with Gasteiger partial charge in [0.1, 0.15) is 23.0 Å². The molecule has 172 valence electrons. The number of pyridine rings is 1. The van der Waals surface area contributed by atoms with E-state index in [-0.39, 0.29) is 11.9 Å². The number of hydrogen-bond acceptors (Lipinski definition) is 5. The number of carbonyl (C=O) groups excluding carboxylic acids is 1. The van der Waals surface area contributed by atoms with Crippen LogP contribution in [0.5, 0.6) is 11.5 Å². The van der Waals surface area contributed by atoms with E-state index in [0.29, 0.717) is 40.8 Å². The summed E-state index contributed by atoms with van der Waals surface area (Å²) in [6.45, 7) is 4.85. The number of ether oxygens (including phenoxy) is 1. The number of rotatable bonds is 5. The molecule has 1 aliphatic rings. The van der Waals surface area contributed by atoms with Crippen molar-refractivity contribution in [3.63, 3.8) is 0 Å². The molecule has 1 saturated heterocycles. The fourth-order valence-corrected chi connectivity index (χ4v) is 4.64. The third kappa shape index (κ3) is 4.10. The first kappa shape index (κ1) is 22.0. The van der Waals surface area contributed by atoms with Crippen molar-refractivity contribution in [3.8, 4) is 22.8 Å². The Bertz CT molecular complexity index is 1350. The van der Waals surface area contributed by atoms with Crippen LogP contribution in [0.3, 0.4) is 0 Å². The van der Waals surface area contributed by atoms with E-state index in [2.05, 4.69) is 11.6 Å². The second-order valence-electron chi connectivity index (χ2n) is 8.23. The molecule has 0 bridgehead atoms. The van der Waals surface area contributed by atoms with Gasteiger partial charge in [-0.1, -0.05) is 36.4 Å². The molecule has 0 radical (unpaired) electrons. The van der Waals surface area contributed by atoms with E-state index in [1.165, 1.54) is 6.08 Å². The van der Waals surface area contributed by atoms with Crippen LogP contribution in [0.1, 0.15) is 18.9 Å². The van der Waals surface area contributed by atoms with Gasteiger partial charge in [-0.3, -0.25) is 9.48 Å². The molecule has 3 heterocycles. The molecule has 34 heavy (non-hydrogen) atoms. The first-order chi connectivity index (χ1) is 16.5. The minimum Gasteiger partial charge on any atom is -0.457 e. The number of halogens is 1. The Balaban J connectivity index is 1.54. The van der Waals surface area contributed by atoms with Crippen molar-refractivity contribution in [2.75, 3.05) is 18.8 Å². The molecular formula is C26H24ClN5O2. The zero-order valence-electron chi connectivity index (χ0n) is 18.5. The highest BCUT2D eigenvalue weighted by molar-refractivity contribution is 6.35. The lowest BCUT2D eigenvalue weighted by atomic mass is 10.1. The Kier molecular flexibility index (Phi) is 5.94. The van der Waals surface area contributed by atoms with Crippen LogP contribution in [0.15, 0.2) is 73.4 Å². The summed E-state index contributed by atoms with van der Waals surface area (Å²) in [7, 11) is 0. The van der Waals surface area contributed by atoms with Gasteiger partial charge in [-0.05, 0) is 55.3 Å². The maximum atomic E-state index is 12.2. The standard InChI is InChI=1S/C26H24ClN5O2/c1-2-22(33)31-14-6-7-18(16-31)32-25-21(27)15-29-26(28)23(25)24(30-32)17-10-12-20(13-11-17)34-19-8-4-3-5-9-19/h2-5,8-13,15,18H,1,6-7,14,16H2,(H2,28,29). The smallest absolute Gasteiger partial charge is 0.246 e. The molecule has 4 aromatic rings. The van der Waals surface area contributed by atoms with Crippen molar-refractivity contribution in [2.45, 2.75) is 18.9 Å². The third-order valence-corrected chi connectivity index (χ3v) is 6.32. The molecule has 7 nitrogen and oxygen atoms in total. The van der Waals surface area contributed by atoms with Gasteiger partial charge in [-0.25, -0.2) is 4.98 Å². The molecular weight excluding hydrogens is 450 g/mol. The summed E-state index contributed by atoms with van der Waals surface area (Å²) in [4.78, 5) is 18.3. The number of benzene rings is 2. The van der Waals surface area contributed by atoms with E-state index in [9.17, 15) is 4.79 Å². The summed E-state index contributed by atoms with van der Waals surface area (Å²) in [6, 6.07) is 17.3. The van der Waals surface area contributed by atoms with Gasteiger partial charge in [0.2, 0.25) is 5.91 Å². The van der Waals surface area contributed by atoms with Gasteiger partial charge in [-0.2, -0.15) is 5.10 Å². The number of nitrogen functional groups attached to an aromatic ring is 1. The van der Waals surface area contributed by atoms with E-state index in [0.717, 1.165) is 29.7 Å². The summed E-state index contributed by atoms with van der Waals surface area (Å²) in [6.07, 6.45) is 4.64. The van der Waals surface area contributed by atoms with E-state index < -0.39 is 0 Å². The molecule has 1 amide bonds. The number of carbonyl (C=O) groups is 1. The second-order valence-corrected chi connectivity index (χ2v) is 8.64. The molecule has 1 atom stereocenters. The van der Waals surface area contributed by atoms with Gasteiger partial charge >= 0.3 is 0 Å². The number of aromatic nitrogens is 3. The van der Waals surface area contributed by atoms with Gasteiger partial charge in [-0.15, -0.1) is 0 Å². The van der Waals surface area contributed by atoms with Crippen molar-refractivity contribution in [3.05, 3.63) is 78.5 Å². The molecule has 2 N–H and O–H groups in total. The average Bonchev–Trinajstić information content (AvgIpc) is 3.29. The topological polar surface area (TPSA) is 86.3 Å². The van der Waals surface area contributed by atoms with Gasteiger partial charge in [0.15, 0.2) is 0 Å². The highest BCUT2D eigenvalue weighted by Crippen LogP contribution is 2.38. The second kappa shape index (κ2) is 9.19. The lowest BCUT2D eigenvalue weighted by Gasteiger charge is -2.32. The highest BCUT2D eigenvalue weighted by Gasteiger charge is 2.28. The molecule has 2 aromatic heterocycles. The molecule has 1 fully saturated rings. The zero-order chi connectivity index (χ0) is 23.7. The van der Waals surface area contributed by atoms with Crippen molar-refractivity contribution in [1.82, 2.24) is 19.7 Å². The minimum atomic E-state index is -0.0809. The van der Waals surface area contributed by atoms with Crippen LogP contribution >= 0.6 is 11.6 Å². The Labute approximate surface area is 202 Å². The molecule has 0 aliphatic carbocycles. The first-order valence-corrected chi connectivity index (χ1v) is 11.5. The molecule has 1 unspecified atom stereocenters. The largest absolute Gasteiger partial charge is 0.457 e. The third-order valence-electron chi connectivity index (χ3n) is 6.05. The summed E-state index contributed by atoms with van der Waals surface area (Å²) < 4.78 is 7.82. The lowest BCUT2D eigenvalue weighted by Crippen LogP contribution is -2.40. The van der Waals surface area contributed by atoms with Crippen LogP contribution in [-0.2, 0) is 4.79 Å². The van der Waals surface area contributed by atoms with Crippen LogP contribution in [0, 0.1) is 0 Å². The number of nitrogens with two attached hydrogens (primary N) is 1. The van der Waals surface area contributed by atoms with Crippen molar-refractivity contribution >= 4 is 34.2 Å². The molecule has 0 spiro atoms. The molecule has 2 aromatic carbocycles. The predicted molar refractivity (Wildman–Crippen MR) is 134 cm³/mol. The number of fused-ring (bicyclic) bond motifs is 1. The fourth-order valence-electron chi connectivity index (χ4n) is 4.41. The van der Waals surface area contributed by atoms with E-state index in [1.807, 2.05) is 59.3 Å². The number of likely N-dealkylation sites (tertiary alicyclic amines) is 1. The predicted octanol–water partition coefficient (Wildman–Crippen LogP) is 5.48. The van der Waals surface area contributed by atoms with E-state index >= 15 is 0 Å². The van der Waals surface area contributed by atoms with E-state index in [1.54, 1.807) is 11.1 Å². The van der Waals surface area contributed by atoms with Gasteiger partial charge < -0.3 is 15.4 Å². The molecule has 8 heteroatoms. The lowest BCUT2D eigenvalue weighted by molar-refractivity contribution is -0.127. The summed E-state index contributed by atoms with van der Waals surface area (Å²) in [5.74, 6) is 1.76. The van der Waals surface area contributed by atoms with Crippen LogP contribution < -0.4 is 10.5 Å². The van der Waals surface area contributed by atoms with Gasteiger partial charge in [0, 0.05) is 18.7 Å². The van der Waals surface area contributed by atoms with Crippen molar-refractivity contribution < 1.29 is 9.53 Å². The van der Waals surface area contributed by atoms with Crippen LogP contribution in [0.2, 0.25) is 5.02 Å². The Hall–Kier alpha value is -3.84. The van der Waals surface area contributed by atoms with Crippen LogP contribution in [-0.4, -0.2) is 38.7 Å². The number of para-hydroxylation sites is 1. The Morgan fingerprint density at radius 2 is 1.88 bits per heavy atom. The molecule has 5 rings (SSSR count). The fraction of sp³-hybridized carbons (Fsp3) is 0.192. The Morgan fingerprint density at radius 1 is 1.15 bits per heavy atom. The number of piperidine rings is 1. The summed E-state index contributed by atoms with van der Waals surface area (Å²) >= 11 is 6.60.